The summed E-state index contributed by atoms with van der Waals surface area (Å²) in [7, 11) is 0. The Hall–Kier alpha value is -1.02. The zero-order valence-electron chi connectivity index (χ0n) is 13.9. The van der Waals surface area contributed by atoms with Gasteiger partial charge in [-0.3, -0.25) is 0 Å². The van der Waals surface area contributed by atoms with Crippen molar-refractivity contribution in [2.45, 2.75) is 58.4 Å². The van der Waals surface area contributed by atoms with E-state index in [4.69, 9.17) is 4.74 Å². The molecule has 0 aromatic heterocycles. The largest absolute Gasteiger partial charge is 0.494 e. The fraction of sp³-hybridized carbons (Fsp3) is 0.684. The molecule has 1 aromatic carbocycles. The van der Waals surface area contributed by atoms with Crippen molar-refractivity contribution in [1.82, 2.24) is 5.32 Å². The lowest BCUT2D eigenvalue weighted by Gasteiger charge is -2.26. The van der Waals surface area contributed by atoms with E-state index in [-0.39, 0.29) is 5.54 Å². The summed E-state index contributed by atoms with van der Waals surface area (Å²) >= 11 is 0. The highest BCUT2D eigenvalue weighted by Crippen LogP contribution is 2.34. The molecule has 2 atom stereocenters. The van der Waals surface area contributed by atoms with E-state index in [1.54, 1.807) is 0 Å². The molecule has 0 radical (unpaired) electrons. The van der Waals surface area contributed by atoms with Crippen LogP contribution >= 0.6 is 0 Å². The molecule has 1 aromatic rings. The van der Waals surface area contributed by atoms with Crippen LogP contribution in [0, 0.1) is 11.8 Å². The predicted molar refractivity (Wildman–Crippen MR) is 89.8 cm³/mol. The lowest BCUT2D eigenvalue weighted by atomic mass is 9.91. The van der Waals surface area contributed by atoms with Crippen molar-refractivity contribution in [3.8, 4) is 5.75 Å². The summed E-state index contributed by atoms with van der Waals surface area (Å²) in [5, 5.41) is 3.68. The van der Waals surface area contributed by atoms with Crippen LogP contribution in [0.1, 0.15) is 52.9 Å². The van der Waals surface area contributed by atoms with Crippen molar-refractivity contribution in [3.05, 3.63) is 30.3 Å². The number of para-hydroxylation sites is 1. The van der Waals surface area contributed by atoms with E-state index in [1.165, 1.54) is 38.6 Å². The van der Waals surface area contributed by atoms with Crippen LogP contribution in [0.25, 0.3) is 0 Å². The molecule has 1 fully saturated rings. The molecule has 0 heterocycles. The van der Waals surface area contributed by atoms with E-state index in [9.17, 15) is 0 Å². The van der Waals surface area contributed by atoms with Crippen LogP contribution in [0.4, 0.5) is 0 Å². The Kier molecular flexibility index (Phi) is 6.10. The summed E-state index contributed by atoms with van der Waals surface area (Å²) in [5.41, 5.74) is 0.240. The highest BCUT2D eigenvalue weighted by molar-refractivity contribution is 5.20. The molecule has 21 heavy (non-hydrogen) atoms. The molecule has 2 rings (SSSR count). The second kappa shape index (κ2) is 7.84. The van der Waals surface area contributed by atoms with Gasteiger partial charge in [0.05, 0.1) is 6.61 Å². The van der Waals surface area contributed by atoms with Gasteiger partial charge in [-0.25, -0.2) is 0 Å². The highest BCUT2D eigenvalue weighted by atomic mass is 16.5. The maximum absolute atomic E-state index is 5.80. The van der Waals surface area contributed by atoms with Crippen LogP contribution in [-0.2, 0) is 0 Å². The van der Waals surface area contributed by atoms with Gasteiger partial charge in [0.2, 0.25) is 0 Å². The minimum absolute atomic E-state index is 0.240. The van der Waals surface area contributed by atoms with E-state index in [2.05, 4.69) is 26.1 Å². The third-order valence-electron chi connectivity index (χ3n) is 4.44. The van der Waals surface area contributed by atoms with E-state index in [1.807, 2.05) is 30.3 Å². The molecule has 0 amide bonds. The lowest BCUT2D eigenvalue weighted by Crippen LogP contribution is -2.39. The van der Waals surface area contributed by atoms with Crippen molar-refractivity contribution >= 4 is 0 Å². The maximum atomic E-state index is 5.80. The molecule has 2 unspecified atom stereocenters. The summed E-state index contributed by atoms with van der Waals surface area (Å²) in [6.07, 6.45) is 6.69. The van der Waals surface area contributed by atoms with Crippen LogP contribution in [0.3, 0.4) is 0 Å². The Morgan fingerprint density at radius 1 is 1.10 bits per heavy atom. The minimum atomic E-state index is 0.240. The monoisotopic (exact) mass is 289 g/mol. The number of rotatable bonds is 7. The third-order valence-corrected chi connectivity index (χ3v) is 4.44. The minimum Gasteiger partial charge on any atom is -0.494 e. The molecule has 2 nitrogen and oxygen atoms in total. The Labute approximate surface area is 130 Å². The summed E-state index contributed by atoms with van der Waals surface area (Å²) in [4.78, 5) is 0. The second-order valence-corrected chi connectivity index (χ2v) is 7.39. The van der Waals surface area contributed by atoms with Gasteiger partial charge in [-0.05, 0) is 70.5 Å². The topological polar surface area (TPSA) is 21.3 Å². The molecule has 1 aliphatic carbocycles. The fourth-order valence-electron chi connectivity index (χ4n) is 3.25. The summed E-state index contributed by atoms with van der Waals surface area (Å²) in [5.74, 6) is 2.75. The molecule has 0 aliphatic heterocycles. The van der Waals surface area contributed by atoms with E-state index in [0.717, 1.165) is 24.2 Å². The standard InChI is InChI=1S/C19H31NO/c1-19(2,3)20-15-17-10-7-9-16(17)11-8-14-21-18-12-5-4-6-13-18/h4-6,12-13,16-17,20H,7-11,14-15H2,1-3H3. The number of ether oxygens (including phenoxy) is 1. The molecule has 118 valence electrons. The van der Waals surface area contributed by atoms with E-state index in [0.29, 0.717) is 0 Å². The first-order valence-electron chi connectivity index (χ1n) is 8.47. The fourth-order valence-corrected chi connectivity index (χ4v) is 3.25. The summed E-state index contributed by atoms with van der Waals surface area (Å²) in [6, 6.07) is 10.1. The van der Waals surface area contributed by atoms with Crippen molar-refractivity contribution in [3.63, 3.8) is 0 Å². The lowest BCUT2D eigenvalue weighted by molar-refractivity contribution is 0.262. The number of hydrogen-bond donors (Lipinski definition) is 1. The van der Waals surface area contributed by atoms with Crippen molar-refractivity contribution in [1.29, 1.82) is 0 Å². The number of hydrogen-bond acceptors (Lipinski definition) is 2. The summed E-state index contributed by atoms with van der Waals surface area (Å²) < 4.78 is 5.80. The molecular formula is C19H31NO. The Morgan fingerprint density at radius 2 is 1.81 bits per heavy atom. The van der Waals surface area contributed by atoms with Crippen molar-refractivity contribution in [2.75, 3.05) is 13.2 Å². The Balaban J connectivity index is 1.65. The van der Waals surface area contributed by atoms with E-state index >= 15 is 0 Å². The van der Waals surface area contributed by atoms with Gasteiger partial charge in [0.1, 0.15) is 5.75 Å². The molecule has 1 saturated carbocycles. The van der Waals surface area contributed by atoms with Crippen molar-refractivity contribution in [2.24, 2.45) is 11.8 Å². The predicted octanol–water partition coefficient (Wildman–Crippen LogP) is 4.65. The van der Waals surface area contributed by atoms with Gasteiger partial charge >= 0.3 is 0 Å². The van der Waals surface area contributed by atoms with Gasteiger partial charge < -0.3 is 10.1 Å². The van der Waals surface area contributed by atoms with Crippen LogP contribution in [0.5, 0.6) is 5.75 Å². The van der Waals surface area contributed by atoms with Crippen LogP contribution < -0.4 is 10.1 Å². The maximum Gasteiger partial charge on any atom is 0.119 e. The molecule has 0 spiro atoms. The molecular weight excluding hydrogens is 258 g/mol. The third kappa shape index (κ3) is 6.09. The SMILES string of the molecule is CC(C)(C)NCC1CCCC1CCCOc1ccccc1. The van der Waals surface area contributed by atoms with Gasteiger partial charge in [0.15, 0.2) is 0 Å². The van der Waals surface area contributed by atoms with Gasteiger partial charge in [-0.1, -0.05) is 31.0 Å². The normalized spacial score (nSPS) is 22.4. The zero-order valence-corrected chi connectivity index (χ0v) is 13.9. The first-order chi connectivity index (χ1) is 10.0. The average molecular weight is 289 g/mol. The van der Waals surface area contributed by atoms with Gasteiger partial charge in [0, 0.05) is 5.54 Å². The van der Waals surface area contributed by atoms with Gasteiger partial charge in [-0.2, -0.15) is 0 Å². The smallest absolute Gasteiger partial charge is 0.119 e. The molecule has 1 aliphatic rings. The Bertz CT molecular complexity index is 396. The Morgan fingerprint density at radius 3 is 2.52 bits per heavy atom. The molecule has 0 bridgehead atoms. The summed E-state index contributed by atoms with van der Waals surface area (Å²) in [6.45, 7) is 8.79. The second-order valence-electron chi connectivity index (χ2n) is 7.39. The molecule has 0 saturated heterocycles. The van der Waals surface area contributed by atoms with Crippen molar-refractivity contribution < 1.29 is 4.74 Å². The van der Waals surface area contributed by atoms with E-state index < -0.39 is 0 Å². The number of nitrogens with one attached hydrogen (secondary N) is 1. The number of benzene rings is 1. The van der Waals surface area contributed by atoms with Gasteiger partial charge in [0.25, 0.3) is 0 Å². The van der Waals surface area contributed by atoms with Crippen LogP contribution in [0.2, 0.25) is 0 Å². The van der Waals surface area contributed by atoms with Gasteiger partial charge in [-0.15, -0.1) is 0 Å². The quantitative estimate of drug-likeness (QED) is 0.738. The van der Waals surface area contributed by atoms with Crippen LogP contribution in [0.15, 0.2) is 30.3 Å². The highest BCUT2D eigenvalue weighted by Gasteiger charge is 2.27. The average Bonchev–Trinajstić information content (AvgIpc) is 2.89. The zero-order chi connectivity index (χ0) is 15.1. The van der Waals surface area contributed by atoms with Crippen LogP contribution in [-0.4, -0.2) is 18.7 Å². The molecule has 1 N–H and O–H groups in total. The first kappa shape index (κ1) is 16.4. The molecule has 2 heteroatoms. The first-order valence-corrected chi connectivity index (χ1v) is 8.47.